The summed E-state index contributed by atoms with van der Waals surface area (Å²) in [5.41, 5.74) is 3.70. The zero-order chi connectivity index (χ0) is 19.0. The van der Waals surface area contributed by atoms with E-state index in [0.717, 1.165) is 22.3 Å². The summed E-state index contributed by atoms with van der Waals surface area (Å²) >= 11 is 5.99. The van der Waals surface area contributed by atoms with E-state index in [1.165, 1.54) is 4.68 Å². The number of aryl methyl sites for hydroxylation is 1. The van der Waals surface area contributed by atoms with Gasteiger partial charge < -0.3 is 9.72 Å². The van der Waals surface area contributed by atoms with Crippen LogP contribution in [-0.2, 0) is 6.42 Å². The molecule has 2 heterocycles. The number of nitrogens with one attached hydrogen (secondary N) is 1. The molecule has 0 spiro atoms. The van der Waals surface area contributed by atoms with Gasteiger partial charge in [0.05, 0.1) is 22.3 Å². The highest BCUT2D eigenvalue weighted by Gasteiger charge is 2.22. The van der Waals surface area contributed by atoms with Crippen LogP contribution in [0.2, 0.25) is 5.02 Å². The fourth-order valence-corrected chi connectivity index (χ4v) is 3.19. The minimum Gasteiger partial charge on any atom is -0.403 e. The number of esters is 1. The van der Waals surface area contributed by atoms with Crippen LogP contribution in [0.25, 0.3) is 17.0 Å². The van der Waals surface area contributed by atoms with E-state index in [1.807, 2.05) is 38.1 Å². The largest absolute Gasteiger partial charge is 0.403 e. The number of H-pyrrole nitrogens is 1. The lowest BCUT2D eigenvalue weighted by molar-refractivity contribution is 0.0721. The average Bonchev–Trinajstić information content (AvgIpc) is 3.22. The van der Waals surface area contributed by atoms with Gasteiger partial charge in [-0.05, 0) is 43.7 Å². The maximum Gasteiger partial charge on any atom is 0.344 e. The first-order valence-corrected chi connectivity index (χ1v) is 8.96. The molecule has 0 aliphatic heterocycles. The van der Waals surface area contributed by atoms with Crippen molar-refractivity contribution in [3.8, 4) is 11.8 Å². The molecule has 0 aliphatic carbocycles. The third-order valence-electron chi connectivity index (χ3n) is 4.32. The van der Waals surface area contributed by atoms with Gasteiger partial charge in [0.1, 0.15) is 0 Å². The Morgan fingerprint density at radius 2 is 2.04 bits per heavy atom. The number of rotatable bonds is 4. The zero-order valence-electron chi connectivity index (χ0n) is 14.9. The Kier molecular flexibility index (Phi) is 4.41. The van der Waals surface area contributed by atoms with Crippen LogP contribution in [0.15, 0.2) is 48.5 Å². The van der Waals surface area contributed by atoms with Crippen LogP contribution in [0.5, 0.6) is 5.88 Å². The second-order valence-electron chi connectivity index (χ2n) is 6.11. The highest BCUT2D eigenvalue weighted by molar-refractivity contribution is 6.30. The zero-order valence-corrected chi connectivity index (χ0v) is 15.6. The molecule has 0 amide bonds. The lowest BCUT2D eigenvalue weighted by atomic mass is 10.2. The summed E-state index contributed by atoms with van der Waals surface area (Å²) in [6.07, 6.45) is 0.671. The van der Waals surface area contributed by atoms with E-state index in [-0.39, 0.29) is 0 Å². The van der Waals surface area contributed by atoms with E-state index in [1.54, 1.807) is 24.3 Å². The number of halogens is 1. The Labute approximate surface area is 160 Å². The van der Waals surface area contributed by atoms with Crippen molar-refractivity contribution < 1.29 is 9.53 Å². The Hall–Kier alpha value is -3.12. The summed E-state index contributed by atoms with van der Waals surface area (Å²) in [6, 6.07) is 14.3. The molecular formula is C20H17ClN4O2. The number of aromatic amines is 1. The van der Waals surface area contributed by atoms with Crippen LogP contribution in [0.1, 0.15) is 28.5 Å². The number of benzene rings is 2. The molecule has 0 aliphatic rings. The highest BCUT2D eigenvalue weighted by atomic mass is 35.5. The van der Waals surface area contributed by atoms with Gasteiger partial charge in [-0.25, -0.2) is 9.78 Å². The van der Waals surface area contributed by atoms with Gasteiger partial charge in [0, 0.05) is 10.6 Å². The van der Waals surface area contributed by atoms with E-state index >= 15 is 0 Å². The van der Waals surface area contributed by atoms with Crippen LogP contribution >= 0.6 is 11.6 Å². The third-order valence-corrected chi connectivity index (χ3v) is 4.55. The summed E-state index contributed by atoms with van der Waals surface area (Å²) in [7, 11) is 0. The number of hydrogen-bond donors (Lipinski definition) is 1. The predicted octanol–water partition coefficient (Wildman–Crippen LogP) is 4.49. The monoisotopic (exact) mass is 380 g/mol. The molecular weight excluding hydrogens is 364 g/mol. The standard InChI is InChI=1S/C20H17ClN4O2/c1-3-15-12(2)24-25(20-22-16-9-4-5-10-17(16)23-20)18(15)27-19(26)13-7-6-8-14(21)11-13/h4-11H,3H2,1-2H3,(H,22,23). The number of fused-ring (bicyclic) bond motifs is 1. The topological polar surface area (TPSA) is 72.8 Å². The second-order valence-corrected chi connectivity index (χ2v) is 6.55. The second kappa shape index (κ2) is 6.89. The van der Waals surface area contributed by atoms with E-state index in [9.17, 15) is 4.79 Å². The fourth-order valence-electron chi connectivity index (χ4n) is 3.00. The molecule has 0 saturated carbocycles. The van der Waals surface area contributed by atoms with Crippen molar-refractivity contribution in [3.05, 3.63) is 70.4 Å². The van der Waals surface area contributed by atoms with E-state index < -0.39 is 5.97 Å². The summed E-state index contributed by atoms with van der Waals surface area (Å²) in [5, 5.41) is 5.01. The predicted molar refractivity (Wildman–Crippen MR) is 104 cm³/mol. The summed E-state index contributed by atoms with van der Waals surface area (Å²) < 4.78 is 7.26. The van der Waals surface area contributed by atoms with E-state index in [2.05, 4.69) is 15.1 Å². The SMILES string of the molecule is CCc1c(C)nn(-c2nc3ccccc3[nH]2)c1OC(=O)c1cccc(Cl)c1. The molecule has 4 rings (SSSR count). The lowest BCUT2D eigenvalue weighted by Gasteiger charge is -2.08. The molecule has 27 heavy (non-hydrogen) atoms. The van der Waals surface area contributed by atoms with Crippen LogP contribution in [0.4, 0.5) is 0 Å². The molecule has 2 aromatic heterocycles. The van der Waals surface area contributed by atoms with Gasteiger partial charge in [-0.15, -0.1) is 0 Å². The fraction of sp³-hybridized carbons (Fsp3) is 0.150. The molecule has 4 aromatic rings. The number of ether oxygens (including phenoxy) is 1. The van der Waals surface area contributed by atoms with Gasteiger partial charge in [-0.2, -0.15) is 9.78 Å². The first kappa shape index (κ1) is 17.3. The van der Waals surface area contributed by atoms with Gasteiger partial charge in [0.2, 0.25) is 11.8 Å². The van der Waals surface area contributed by atoms with Crippen molar-refractivity contribution >= 4 is 28.6 Å². The van der Waals surface area contributed by atoms with Crippen molar-refractivity contribution in [2.24, 2.45) is 0 Å². The van der Waals surface area contributed by atoms with Crippen molar-refractivity contribution in [2.45, 2.75) is 20.3 Å². The molecule has 7 heteroatoms. The van der Waals surface area contributed by atoms with Gasteiger partial charge in [0.25, 0.3) is 0 Å². The van der Waals surface area contributed by atoms with E-state index in [4.69, 9.17) is 16.3 Å². The molecule has 0 unspecified atom stereocenters. The summed E-state index contributed by atoms with van der Waals surface area (Å²) in [6.45, 7) is 3.87. The minimum atomic E-state index is -0.496. The average molecular weight is 381 g/mol. The molecule has 6 nitrogen and oxygen atoms in total. The van der Waals surface area contributed by atoms with Crippen LogP contribution in [-0.4, -0.2) is 25.7 Å². The minimum absolute atomic E-state index is 0.360. The number of para-hydroxylation sites is 2. The number of aromatic nitrogens is 4. The van der Waals surface area contributed by atoms with Gasteiger partial charge >= 0.3 is 5.97 Å². The number of hydrogen-bond acceptors (Lipinski definition) is 4. The Morgan fingerprint density at radius 1 is 1.22 bits per heavy atom. The van der Waals surface area contributed by atoms with Crippen LogP contribution < -0.4 is 4.74 Å². The molecule has 0 fully saturated rings. The smallest absolute Gasteiger partial charge is 0.344 e. The highest BCUT2D eigenvalue weighted by Crippen LogP contribution is 2.27. The number of carbonyl (C=O) groups is 1. The molecule has 0 atom stereocenters. The van der Waals surface area contributed by atoms with Crippen molar-refractivity contribution in [1.82, 2.24) is 19.7 Å². The van der Waals surface area contributed by atoms with Crippen LogP contribution in [0.3, 0.4) is 0 Å². The van der Waals surface area contributed by atoms with Gasteiger partial charge in [0.15, 0.2) is 0 Å². The van der Waals surface area contributed by atoms with Gasteiger partial charge in [-0.3, -0.25) is 0 Å². The maximum absolute atomic E-state index is 12.6. The third kappa shape index (κ3) is 3.19. The Morgan fingerprint density at radius 3 is 2.78 bits per heavy atom. The normalized spacial score (nSPS) is 11.1. The van der Waals surface area contributed by atoms with Gasteiger partial charge in [-0.1, -0.05) is 36.7 Å². The van der Waals surface area contributed by atoms with Crippen molar-refractivity contribution in [2.75, 3.05) is 0 Å². The van der Waals surface area contributed by atoms with Crippen molar-refractivity contribution in [3.63, 3.8) is 0 Å². The number of nitrogens with zero attached hydrogens (tertiary/aromatic N) is 3. The molecule has 0 bridgehead atoms. The quantitative estimate of drug-likeness (QED) is 0.529. The number of carbonyl (C=O) groups excluding carboxylic acids is 1. The maximum atomic E-state index is 12.6. The Bertz CT molecular complexity index is 1110. The Balaban J connectivity index is 1.78. The first-order chi connectivity index (χ1) is 13.1. The van der Waals surface area contributed by atoms with Crippen molar-refractivity contribution in [1.29, 1.82) is 0 Å². The first-order valence-electron chi connectivity index (χ1n) is 8.58. The number of imidazole rings is 1. The lowest BCUT2D eigenvalue weighted by Crippen LogP contribution is -2.13. The molecule has 1 N–H and O–H groups in total. The summed E-state index contributed by atoms with van der Waals surface area (Å²) in [4.78, 5) is 20.4. The van der Waals surface area contributed by atoms with Crippen LogP contribution in [0, 0.1) is 6.92 Å². The molecule has 2 aromatic carbocycles. The molecule has 0 radical (unpaired) electrons. The molecule has 136 valence electrons. The summed E-state index contributed by atoms with van der Waals surface area (Å²) in [5.74, 6) is 0.358. The van der Waals surface area contributed by atoms with E-state index in [0.29, 0.717) is 28.8 Å². The molecule has 0 saturated heterocycles.